The van der Waals surface area contributed by atoms with Crippen LogP contribution in [0.2, 0.25) is 0 Å². The van der Waals surface area contributed by atoms with Gasteiger partial charge in [0.2, 0.25) is 0 Å². The lowest BCUT2D eigenvalue weighted by Crippen LogP contribution is -2.51. The zero-order chi connectivity index (χ0) is 23.2. The maximum Gasteiger partial charge on any atom is 0.321 e. The van der Waals surface area contributed by atoms with Gasteiger partial charge in [0.15, 0.2) is 0 Å². The smallest absolute Gasteiger partial charge is 0.321 e. The normalized spacial score (nSPS) is 13.5. The molecule has 170 valence electrons. The predicted octanol–water partition coefficient (Wildman–Crippen LogP) is 4.42. The van der Waals surface area contributed by atoms with E-state index in [0.29, 0.717) is 43.9 Å². The number of anilines is 1. The summed E-state index contributed by atoms with van der Waals surface area (Å²) < 4.78 is 18.6. The van der Waals surface area contributed by atoms with Gasteiger partial charge in [-0.3, -0.25) is 4.79 Å². The average Bonchev–Trinajstić information content (AvgIpc) is 2.85. The van der Waals surface area contributed by atoms with Crippen LogP contribution in [0.5, 0.6) is 5.75 Å². The highest BCUT2D eigenvalue weighted by Gasteiger charge is 2.25. The molecule has 0 spiro atoms. The van der Waals surface area contributed by atoms with E-state index < -0.39 is 0 Å². The van der Waals surface area contributed by atoms with Crippen LogP contribution in [0.25, 0.3) is 0 Å². The Balaban J connectivity index is 1.36. The number of methoxy groups -OCH3 is 1. The number of hydrogen-bond acceptors (Lipinski definition) is 3. The maximum absolute atomic E-state index is 13.1. The molecule has 1 heterocycles. The van der Waals surface area contributed by atoms with Gasteiger partial charge in [0.05, 0.1) is 7.11 Å². The van der Waals surface area contributed by atoms with E-state index in [4.69, 9.17) is 4.74 Å². The molecule has 3 aromatic rings. The molecule has 3 amide bonds. The van der Waals surface area contributed by atoms with Crippen LogP contribution in [0, 0.1) is 5.82 Å². The molecule has 33 heavy (non-hydrogen) atoms. The Bertz CT molecular complexity index is 1110. The lowest BCUT2D eigenvalue weighted by molar-refractivity contribution is 0.0671. The zero-order valence-corrected chi connectivity index (χ0v) is 18.5. The standard InChI is InChI=1S/C26H26FN3O3/c1-33-24-12-11-23(18-21(24)17-19-5-3-2-4-6-19)28-26(32)30-15-13-29(14-16-30)25(31)20-7-9-22(27)10-8-20/h2-12,18H,13-17H2,1H3,(H,28,32). The third-order valence-electron chi connectivity index (χ3n) is 5.71. The third kappa shape index (κ3) is 5.49. The molecule has 0 radical (unpaired) electrons. The van der Waals surface area contributed by atoms with Crippen molar-refractivity contribution in [3.05, 3.63) is 95.3 Å². The molecule has 0 atom stereocenters. The molecular weight excluding hydrogens is 421 g/mol. The fraction of sp³-hybridized carbons (Fsp3) is 0.231. The Morgan fingerprint density at radius 1 is 0.909 bits per heavy atom. The Labute approximate surface area is 192 Å². The van der Waals surface area contributed by atoms with Crippen molar-refractivity contribution < 1.29 is 18.7 Å². The first kappa shape index (κ1) is 22.3. The molecule has 3 aromatic carbocycles. The molecule has 6 nitrogen and oxygen atoms in total. The van der Waals surface area contributed by atoms with E-state index in [1.807, 2.05) is 36.4 Å². The van der Waals surface area contributed by atoms with Gasteiger partial charge >= 0.3 is 6.03 Å². The quantitative estimate of drug-likeness (QED) is 0.630. The maximum atomic E-state index is 13.1. The van der Waals surface area contributed by atoms with Gasteiger partial charge in [0, 0.05) is 49.4 Å². The highest BCUT2D eigenvalue weighted by molar-refractivity contribution is 5.94. The van der Waals surface area contributed by atoms with E-state index in [1.54, 1.807) is 16.9 Å². The molecule has 1 aliphatic rings. The molecule has 0 bridgehead atoms. The average molecular weight is 448 g/mol. The molecule has 1 fully saturated rings. The molecule has 0 aromatic heterocycles. The first-order chi connectivity index (χ1) is 16.0. The number of rotatable bonds is 5. The molecule has 1 aliphatic heterocycles. The number of nitrogens with one attached hydrogen (secondary N) is 1. The fourth-order valence-corrected chi connectivity index (χ4v) is 3.90. The first-order valence-corrected chi connectivity index (χ1v) is 10.8. The Kier molecular flexibility index (Phi) is 6.88. The van der Waals surface area contributed by atoms with Crippen molar-refractivity contribution in [2.45, 2.75) is 6.42 Å². The summed E-state index contributed by atoms with van der Waals surface area (Å²) in [6, 6.07) is 21.0. The van der Waals surface area contributed by atoms with E-state index in [1.165, 1.54) is 24.3 Å². The van der Waals surface area contributed by atoms with Gasteiger partial charge < -0.3 is 19.9 Å². The van der Waals surface area contributed by atoms with Crippen molar-refractivity contribution in [3.63, 3.8) is 0 Å². The highest BCUT2D eigenvalue weighted by Crippen LogP contribution is 2.25. The summed E-state index contributed by atoms with van der Waals surface area (Å²) in [4.78, 5) is 28.8. The third-order valence-corrected chi connectivity index (χ3v) is 5.71. The van der Waals surface area contributed by atoms with Gasteiger partial charge in [-0.25, -0.2) is 9.18 Å². The highest BCUT2D eigenvalue weighted by atomic mass is 19.1. The summed E-state index contributed by atoms with van der Waals surface area (Å²) in [6.07, 6.45) is 0.692. The predicted molar refractivity (Wildman–Crippen MR) is 125 cm³/mol. The van der Waals surface area contributed by atoms with Crippen LogP contribution in [0.4, 0.5) is 14.9 Å². The van der Waals surface area contributed by atoms with Crippen molar-refractivity contribution in [1.82, 2.24) is 9.80 Å². The topological polar surface area (TPSA) is 61.9 Å². The minimum absolute atomic E-state index is 0.157. The van der Waals surface area contributed by atoms with Crippen molar-refractivity contribution in [2.75, 3.05) is 38.6 Å². The van der Waals surface area contributed by atoms with Crippen LogP contribution in [-0.4, -0.2) is 55.0 Å². The number of amides is 3. The number of ether oxygens (including phenoxy) is 1. The van der Waals surface area contributed by atoms with E-state index in [0.717, 1.165) is 16.9 Å². The second-order valence-electron chi connectivity index (χ2n) is 7.91. The van der Waals surface area contributed by atoms with Crippen LogP contribution < -0.4 is 10.1 Å². The van der Waals surface area contributed by atoms with Gasteiger partial charge in [-0.1, -0.05) is 30.3 Å². The SMILES string of the molecule is COc1ccc(NC(=O)N2CCN(C(=O)c3ccc(F)cc3)CC2)cc1Cc1ccccc1. The molecule has 0 aliphatic carbocycles. The Morgan fingerprint density at radius 3 is 2.24 bits per heavy atom. The van der Waals surface area contributed by atoms with Crippen molar-refractivity contribution in [1.29, 1.82) is 0 Å². The van der Waals surface area contributed by atoms with E-state index in [2.05, 4.69) is 17.4 Å². The molecule has 4 rings (SSSR count). The van der Waals surface area contributed by atoms with Crippen LogP contribution >= 0.6 is 0 Å². The number of benzene rings is 3. The van der Waals surface area contributed by atoms with Crippen molar-refractivity contribution in [3.8, 4) is 5.75 Å². The van der Waals surface area contributed by atoms with Gasteiger partial charge in [-0.15, -0.1) is 0 Å². The number of carbonyl (C=O) groups is 2. The van der Waals surface area contributed by atoms with Gasteiger partial charge in [0.25, 0.3) is 5.91 Å². The number of urea groups is 1. The minimum Gasteiger partial charge on any atom is -0.496 e. The second-order valence-corrected chi connectivity index (χ2v) is 7.91. The Hall–Kier alpha value is -3.87. The fourth-order valence-electron chi connectivity index (χ4n) is 3.90. The van der Waals surface area contributed by atoms with Gasteiger partial charge in [-0.05, 0) is 48.0 Å². The summed E-state index contributed by atoms with van der Waals surface area (Å²) in [6.45, 7) is 1.69. The summed E-state index contributed by atoms with van der Waals surface area (Å²) in [5, 5.41) is 2.96. The van der Waals surface area contributed by atoms with E-state index in [-0.39, 0.29) is 17.8 Å². The van der Waals surface area contributed by atoms with Crippen LogP contribution in [0.3, 0.4) is 0 Å². The molecule has 0 saturated carbocycles. The summed E-state index contributed by atoms with van der Waals surface area (Å²) in [5.74, 6) is 0.235. The van der Waals surface area contributed by atoms with Crippen molar-refractivity contribution in [2.24, 2.45) is 0 Å². The molecular formula is C26H26FN3O3. The first-order valence-electron chi connectivity index (χ1n) is 10.8. The van der Waals surface area contributed by atoms with Gasteiger partial charge in [0.1, 0.15) is 11.6 Å². The van der Waals surface area contributed by atoms with Crippen LogP contribution in [0.1, 0.15) is 21.5 Å². The molecule has 7 heteroatoms. The van der Waals surface area contributed by atoms with Crippen LogP contribution in [0.15, 0.2) is 72.8 Å². The van der Waals surface area contributed by atoms with E-state index in [9.17, 15) is 14.0 Å². The van der Waals surface area contributed by atoms with Crippen LogP contribution in [-0.2, 0) is 6.42 Å². The van der Waals surface area contributed by atoms with Crippen molar-refractivity contribution >= 4 is 17.6 Å². The lowest BCUT2D eigenvalue weighted by atomic mass is 10.0. The monoisotopic (exact) mass is 447 g/mol. The minimum atomic E-state index is -0.376. The number of halogens is 1. The largest absolute Gasteiger partial charge is 0.496 e. The summed E-state index contributed by atoms with van der Waals surface area (Å²) in [7, 11) is 1.63. The zero-order valence-electron chi connectivity index (χ0n) is 18.5. The molecule has 1 N–H and O–H groups in total. The summed E-state index contributed by atoms with van der Waals surface area (Å²) >= 11 is 0. The summed E-state index contributed by atoms with van der Waals surface area (Å²) in [5.41, 5.74) is 3.27. The Morgan fingerprint density at radius 2 is 1.58 bits per heavy atom. The lowest BCUT2D eigenvalue weighted by Gasteiger charge is -2.34. The van der Waals surface area contributed by atoms with Gasteiger partial charge in [-0.2, -0.15) is 0 Å². The number of piperazine rings is 1. The number of hydrogen-bond donors (Lipinski definition) is 1. The molecule has 0 unspecified atom stereocenters. The molecule has 1 saturated heterocycles. The number of carbonyl (C=O) groups excluding carboxylic acids is 2. The second kappa shape index (κ2) is 10.2. The van der Waals surface area contributed by atoms with E-state index >= 15 is 0 Å². The number of nitrogens with zero attached hydrogens (tertiary/aromatic N) is 2.